The molecule has 1 fully saturated rings. The first kappa shape index (κ1) is 16.7. The molecule has 1 saturated heterocycles. The highest BCUT2D eigenvalue weighted by Gasteiger charge is 2.56. The number of benzene rings is 1. The number of imide groups is 1. The molecule has 25 heavy (non-hydrogen) atoms. The highest BCUT2D eigenvalue weighted by Crippen LogP contribution is 2.38. The van der Waals surface area contributed by atoms with Crippen LogP contribution in [-0.2, 0) is 19.1 Å². The zero-order valence-corrected chi connectivity index (χ0v) is 13.9. The molecule has 0 saturated carbocycles. The number of fused-ring (bicyclic) bond motifs is 1. The van der Waals surface area contributed by atoms with Gasteiger partial charge in [0.1, 0.15) is 23.5 Å². The van der Waals surface area contributed by atoms with Gasteiger partial charge in [-0.2, -0.15) is 5.10 Å². The number of anilines is 1. The number of hydrazone groups is 1. The van der Waals surface area contributed by atoms with Crippen molar-refractivity contribution in [2.24, 2.45) is 11.0 Å². The molecule has 0 bridgehead atoms. The zero-order valence-electron chi connectivity index (χ0n) is 13.9. The minimum absolute atomic E-state index is 0.0971. The summed E-state index contributed by atoms with van der Waals surface area (Å²) in [6.07, 6.45) is 0. The number of carbonyl (C=O) groups is 3. The fourth-order valence-corrected chi connectivity index (χ4v) is 2.87. The summed E-state index contributed by atoms with van der Waals surface area (Å²) in [5, 5.41) is 3.81. The third-order valence-corrected chi connectivity index (χ3v) is 4.04. The Hall–Kier alpha value is -3.10. The number of rotatable bonds is 5. The summed E-state index contributed by atoms with van der Waals surface area (Å²) in [4.78, 5) is 38.5. The van der Waals surface area contributed by atoms with E-state index in [0.717, 1.165) is 4.90 Å². The fraction of sp³-hybridized carbons (Fsp3) is 0.375. The summed E-state index contributed by atoms with van der Waals surface area (Å²) in [5.74, 6) is -1.98. The lowest BCUT2D eigenvalue weighted by molar-refractivity contribution is -0.136. The topological polar surface area (TPSA) is 107 Å². The number of carbonyl (C=O) groups excluding carboxylic acids is 3. The summed E-state index contributed by atoms with van der Waals surface area (Å²) < 4.78 is 15.3. The second-order valence-electron chi connectivity index (χ2n) is 5.35. The lowest BCUT2D eigenvalue weighted by Crippen LogP contribution is -2.36. The SMILES string of the molecule is CCOC(=O)C1=NN[C@H]2C(=O)N(c3ccc(OC)cc3OC)C(=O)[C@@H]12. The summed E-state index contributed by atoms with van der Waals surface area (Å²) in [6.45, 7) is 1.79. The van der Waals surface area contributed by atoms with Crippen LogP contribution in [0.2, 0.25) is 0 Å². The van der Waals surface area contributed by atoms with E-state index in [0.29, 0.717) is 11.5 Å². The molecule has 0 unspecified atom stereocenters. The van der Waals surface area contributed by atoms with Crippen LogP contribution in [0.25, 0.3) is 0 Å². The Kier molecular flexibility index (Phi) is 4.30. The van der Waals surface area contributed by atoms with Crippen LogP contribution in [-0.4, -0.2) is 50.4 Å². The largest absolute Gasteiger partial charge is 0.497 e. The summed E-state index contributed by atoms with van der Waals surface area (Å²) in [7, 11) is 2.92. The Bertz CT molecular complexity index is 775. The number of nitrogens with zero attached hydrogens (tertiary/aromatic N) is 2. The lowest BCUT2D eigenvalue weighted by Gasteiger charge is -2.19. The van der Waals surface area contributed by atoms with Gasteiger partial charge in [0, 0.05) is 6.07 Å². The molecule has 1 aromatic carbocycles. The molecule has 3 rings (SSSR count). The Balaban J connectivity index is 1.96. The molecule has 1 N–H and O–H groups in total. The molecule has 132 valence electrons. The Morgan fingerprint density at radius 2 is 2.00 bits per heavy atom. The predicted octanol–water partition coefficient (Wildman–Crippen LogP) is 0.0841. The van der Waals surface area contributed by atoms with Crippen molar-refractivity contribution < 1.29 is 28.6 Å². The Morgan fingerprint density at radius 3 is 2.64 bits per heavy atom. The molecular weight excluding hydrogens is 330 g/mol. The number of hydrogen-bond acceptors (Lipinski definition) is 8. The summed E-state index contributed by atoms with van der Waals surface area (Å²) in [5.41, 5.74) is 2.74. The first-order chi connectivity index (χ1) is 12.0. The molecule has 2 amide bonds. The van der Waals surface area contributed by atoms with Crippen LogP contribution in [0, 0.1) is 5.92 Å². The van der Waals surface area contributed by atoms with Crippen LogP contribution in [0.15, 0.2) is 23.3 Å². The minimum atomic E-state index is -1.02. The maximum atomic E-state index is 12.8. The number of methoxy groups -OCH3 is 2. The van der Waals surface area contributed by atoms with Crippen LogP contribution in [0.4, 0.5) is 5.69 Å². The van der Waals surface area contributed by atoms with Crippen LogP contribution in [0.5, 0.6) is 11.5 Å². The maximum Gasteiger partial charge on any atom is 0.355 e. The van der Waals surface area contributed by atoms with Crippen LogP contribution < -0.4 is 19.8 Å². The third-order valence-electron chi connectivity index (χ3n) is 4.04. The van der Waals surface area contributed by atoms with Crippen LogP contribution in [0.3, 0.4) is 0 Å². The van der Waals surface area contributed by atoms with Gasteiger partial charge in [-0.05, 0) is 19.1 Å². The normalized spacial score (nSPS) is 21.6. The van der Waals surface area contributed by atoms with Crippen LogP contribution >= 0.6 is 0 Å². The standard InChI is InChI=1S/C16H17N3O6/c1-4-25-16(22)13-11-12(17-18-13)15(21)19(14(11)20)9-6-5-8(23-2)7-10(9)24-3/h5-7,11-12,17H,4H2,1-3H3/t11-,12-/m1/s1. The van der Waals surface area contributed by atoms with Gasteiger partial charge >= 0.3 is 5.97 Å². The first-order valence-electron chi connectivity index (χ1n) is 7.63. The second-order valence-corrected chi connectivity index (χ2v) is 5.35. The number of ether oxygens (including phenoxy) is 3. The van der Waals surface area contributed by atoms with Crippen molar-refractivity contribution >= 4 is 29.2 Å². The second kappa shape index (κ2) is 6.42. The molecule has 2 heterocycles. The third kappa shape index (κ3) is 2.57. The minimum Gasteiger partial charge on any atom is -0.497 e. The molecule has 2 aliphatic rings. The molecule has 2 atom stereocenters. The monoisotopic (exact) mass is 347 g/mol. The molecule has 0 aliphatic carbocycles. The number of amides is 2. The summed E-state index contributed by atoms with van der Waals surface area (Å²) in [6, 6.07) is 3.80. The lowest BCUT2D eigenvalue weighted by atomic mass is 9.99. The van der Waals surface area contributed by atoms with E-state index in [4.69, 9.17) is 14.2 Å². The average Bonchev–Trinajstić information content (AvgIpc) is 3.15. The molecule has 2 aliphatic heterocycles. The van der Waals surface area contributed by atoms with Crippen LogP contribution in [0.1, 0.15) is 6.92 Å². The van der Waals surface area contributed by atoms with Gasteiger partial charge in [0.15, 0.2) is 5.71 Å². The van der Waals surface area contributed by atoms with E-state index in [-0.39, 0.29) is 18.0 Å². The molecule has 1 aromatic rings. The van der Waals surface area contributed by atoms with Crippen molar-refractivity contribution in [3.8, 4) is 11.5 Å². The van der Waals surface area contributed by atoms with Crippen molar-refractivity contribution in [1.82, 2.24) is 5.43 Å². The Labute approximate surface area is 143 Å². The van der Waals surface area contributed by atoms with Gasteiger partial charge in [-0.3, -0.25) is 15.0 Å². The molecule has 9 heteroatoms. The van der Waals surface area contributed by atoms with Gasteiger partial charge in [0.2, 0.25) is 5.91 Å². The highest BCUT2D eigenvalue weighted by atomic mass is 16.5. The number of hydrogen-bond donors (Lipinski definition) is 1. The predicted molar refractivity (Wildman–Crippen MR) is 86.5 cm³/mol. The Morgan fingerprint density at radius 1 is 1.24 bits per heavy atom. The zero-order chi connectivity index (χ0) is 18.1. The van der Waals surface area contributed by atoms with Crippen molar-refractivity contribution in [2.45, 2.75) is 13.0 Å². The molecule has 0 radical (unpaired) electrons. The van der Waals surface area contributed by atoms with Gasteiger partial charge in [-0.25, -0.2) is 9.69 Å². The van der Waals surface area contributed by atoms with E-state index in [1.54, 1.807) is 25.1 Å². The molecular formula is C16H17N3O6. The fourth-order valence-electron chi connectivity index (χ4n) is 2.87. The molecule has 0 aromatic heterocycles. The van der Waals surface area contributed by atoms with E-state index in [1.807, 2.05) is 0 Å². The van der Waals surface area contributed by atoms with Gasteiger partial charge < -0.3 is 14.2 Å². The van der Waals surface area contributed by atoms with E-state index < -0.39 is 29.7 Å². The van der Waals surface area contributed by atoms with Crippen molar-refractivity contribution in [2.75, 3.05) is 25.7 Å². The van der Waals surface area contributed by atoms with E-state index in [2.05, 4.69) is 10.5 Å². The molecule has 0 spiro atoms. The smallest absolute Gasteiger partial charge is 0.355 e. The average molecular weight is 347 g/mol. The number of esters is 1. The van der Waals surface area contributed by atoms with Gasteiger partial charge in [-0.15, -0.1) is 0 Å². The van der Waals surface area contributed by atoms with Gasteiger partial charge in [-0.1, -0.05) is 0 Å². The van der Waals surface area contributed by atoms with E-state index in [1.165, 1.54) is 14.2 Å². The van der Waals surface area contributed by atoms with Gasteiger partial charge in [0.05, 0.1) is 26.5 Å². The molecule has 9 nitrogen and oxygen atoms in total. The van der Waals surface area contributed by atoms with Gasteiger partial charge in [0.25, 0.3) is 5.91 Å². The van der Waals surface area contributed by atoms with E-state index in [9.17, 15) is 14.4 Å². The number of nitrogens with one attached hydrogen (secondary N) is 1. The van der Waals surface area contributed by atoms with Crippen molar-refractivity contribution in [3.63, 3.8) is 0 Å². The van der Waals surface area contributed by atoms with Crippen molar-refractivity contribution in [3.05, 3.63) is 18.2 Å². The maximum absolute atomic E-state index is 12.8. The first-order valence-corrected chi connectivity index (χ1v) is 7.63. The van der Waals surface area contributed by atoms with E-state index >= 15 is 0 Å². The quantitative estimate of drug-likeness (QED) is 0.594. The van der Waals surface area contributed by atoms with Crippen molar-refractivity contribution in [1.29, 1.82) is 0 Å². The highest BCUT2D eigenvalue weighted by molar-refractivity contribution is 6.46. The summed E-state index contributed by atoms with van der Waals surface area (Å²) >= 11 is 0.